The molecule has 0 aromatic heterocycles. The fourth-order valence-electron chi connectivity index (χ4n) is 5.16. The van der Waals surface area contributed by atoms with E-state index < -0.39 is 0 Å². The van der Waals surface area contributed by atoms with Gasteiger partial charge in [0.15, 0.2) is 0 Å². The van der Waals surface area contributed by atoms with Gasteiger partial charge >= 0.3 is 0 Å². The summed E-state index contributed by atoms with van der Waals surface area (Å²) in [5.41, 5.74) is 11.1. The van der Waals surface area contributed by atoms with Crippen LogP contribution in [0.3, 0.4) is 0 Å². The predicted molar refractivity (Wildman–Crippen MR) is 119 cm³/mol. The quantitative estimate of drug-likeness (QED) is 0.471. The van der Waals surface area contributed by atoms with E-state index in [0.717, 1.165) is 0 Å². The van der Waals surface area contributed by atoms with Crippen LogP contribution in [0.4, 0.5) is 22.7 Å². The number of rotatable bonds is 2. The van der Waals surface area contributed by atoms with Crippen LogP contribution in [0.2, 0.25) is 0 Å². The summed E-state index contributed by atoms with van der Waals surface area (Å²) in [6.45, 7) is 11.5. The fraction of sp³-hybridized carbons (Fsp3) is 0.308. The maximum absolute atomic E-state index is 2.60. The molecule has 3 aromatic rings. The molecule has 0 spiro atoms. The number of aryl methyl sites for hydroxylation is 1. The van der Waals surface area contributed by atoms with Crippen LogP contribution in [-0.4, -0.2) is 6.17 Å². The molecule has 0 amide bonds. The lowest BCUT2D eigenvalue weighted by Crippen LogP contribution is -2.38. The summed E-state index contributed by atoms with van der Waals surface area (Å²) in [5, 5.41) is 0. The van der Waals surface area contributed by atoms with Gasteiger partial charge in [-0.3, -0.25) is 0 Å². The van der Waals surface area contributed by atoms with Crippen molar-refractivity contribution >= 4 is 22.7 Å². The lowest BCUT2D eigenvalue weighted by atomic mass is 9.83. The van der Waals surface area contributed by atoms with Gasteiger partial charge in [0.05, 0.1) is 17.1 Å². The molecule has 0 aliphatic carbocycles. The molecule has 2 aliphatic rings. The molecule has 3 aromatic carbocycles. The van der Waals surface area contributed by atoms with E-state index in [1.54, 1.807) is 0 Å². The zero-order valence-corrected chi connectivity index (χ0v) is 17.4. The van der Waals surface area contributed by atoms with Crippen molar-refractivity contribution in [1.29, 1.82) is 0 Å². The van der Waals surface area contributed by atoms with Crippen LogP contribution in [-0.2, 0) is 0 Å². The van der Waals surface area contributed by atoms with Crippen molar-refractivity contribution in [3.8, 4) is 0 Å². The second kappa shape index (κ2) is 6.13. The minimum Gasteiger partial charge on any atom is -0.318 e. The zero-order chi connectivity index (χ0) is 19.6. The van der Waals surface area contributed by atoms with Gasteiger partial charge in [0.2, 0.25) is 0 Å². The zero-order valence-electron chi connectivity index (χ0n) is 17.4. The molecule has 0 radical (unpaired) electrons. The van der Waals surface area contributed by atoms with Gasteiger partial charge in [-0.15, -0.1) is 0 Å². The van der Waals surface area contributed by atoms with Crippen LogP contribution < -0.4 is 9.80 Å². The first kappa shape index (κ1) is 17.4. The number of benzene rings is 3. The van der Waals surface area contributed by atoms with Gasteiger partial charge in [0.1, 0.15) is 6.17 Å². The summed E-state index contributed by atoms with van der Waals surface area (Å²) in [7, 11) is 0. The average Bonchev–Trinajstić information content (AvgIpc) is 2.98. The van der Waals surface area contributed by atoms with E-state index in [1.807, 2.05) is 0 Å². The molecule has 0 N–H and O–H groups in total. The standard InChI is InChI=1S/C26H28N2/c1-16(2)20-11-8-12-21-18(4)22-13-9-15-24-26(22)28(25(20)21)19(5)27(24)23-14-7-6-10-17(23)3/h6-16,18-19H,1-5H3/t18?,19-/m1/s1. The van der Waals surface area contributed by atoms with Crippen LogP contribution >= 0.6 is 0 Å². The van der Waals surface area contributed by atoms with E-state index in [0.29, 0.717) is 11.8 Å². The number of hydrogen-bond donors (Lipinski definition) is 0. The van der Waals surface area contributed by atoms with Crippen molar-refractivity contribution in [2.24, 2.45) is 0 Å². The summed E-state index contributed by atoms with van der Waals surface area (Å²) in [4.78, 5) is 5.12. The summed E-state index contributed by atoms with van der Waals surface area (Å²) in [6, 6.07) is 22.4. The van der Waals surface area contributed by atoms with Crippen molar-refractivity contribution in [2.45, 2.75) is 52.6 Å². The molecule has 1 unspecified atom stereocenters. The molecule has 28 heavy (non-hydrogen) atoms. The van der Waals surface area contributed by atoms with Crippen LogP contribution in [0.5, 0.6) is 0 Å². The Kier molecular flexibility index (Phi) is 3.80. The highest BCUT2D eigenvalue weighted by atomic mass is 15.4. The van der Waals surface area contributed by atoms with E-state index in [9.17, 15) is 0 Å². The van der Waals surface area contributed by atoms with Gasteiger partial charge in [0.25, 0.3) is 0 Å². The largest absolute Gasteiger partial charge is 0.318 e. The number of anilines is 4. The predicted octanol–water partition coefficient (Wildman–Crippen LogP) is 7.22. The van der Waals surface area contributed by atoms with Crippen molar-refractivity contribution in [3.05, 3.63) is 82.9 Å². The highest BCUT2D eigenvalue weighted by molar-refractivity contribution is 5.94. The number of para-hydroxylation sites is 3. The van der Waals surface area contributed by atoms with Gasteiger partial charge in [-0.1, -0.05) is 69.3 Å². The van der Waals surface area contributed by atoms with Gasteiger partial charge in [-0.05, 0) is 54.2 Å². The summed E-state index contributed by atoms with van der Waals surface area (Å²) in [6.07, 6.45) is 0.239. The van der Waals surface area contributed by atoms with Crippen molar-refractivity contribution in [1.82, 2.24) is 0 Å². The van der Waals surface area contributed by atoms with Gasteiger partial charge in [-0.25, -0.2) is 0 Å². The first-order chi connectivity index (χ1) is 13.5. The summed E-state index contributed by atoms with van der Waals surface area (Å²) in [5.74, 6) is 0.902. The molecule has 142 valence electrons. The number of fused-ring (bicyclic) bond motifs is 2. The normalized spacial score (nSPS) is 19.8. The minimum absolute atomic E-state index is 0.239. The lowest BCUT2D eigenvalue weighted by Gasteiger charge is -2.38. The molecule has 2 aliphatic heterocycles. The topological polar surface area (TPSA) is 6.48 Å². The molecule has 2 nitrogen and oxygen atoms in total. The van der Waals surface area contributed by atoms with E-state index in [4.69, 9.17) is 0 Å². The van der Waals surface area contributed by atoms with Crippen LogP contribution in [0, 0.1) is 6.92 Å². The Morgan fingerprint density at radius 1 is 0.714 bits per heavy atom. The Morgan fingerprint density at radius 3 is 2.07 bits per heavy atom. The second-order valence-electron chi connectivity index (χ2n) is 8.53. The van der Waals surface area contributed by atoms with Crippen molar-refractivity contribution in [3.63, 3.8) is 0 Å². The summed E-state index contributed by atoms with van der Waals surface area (Å²) < 4.78 is 0. The molecular formula is C26H28N2. The van der Waals surface area contributed by atoms with E-state index in [1.165, 1.54) is 45.0 Å². The monoisotopic (exact) mass is 368 g/mol. The fourth-order valence-corrected chi connectivity index (χ4v) is 5.16. The third-order valence-electron chi connectivity index (χ3n) is 6.56. The number of hydrogen-bond acceptors (Lipinski definition) is 2. The maximum Gasteiger partial charge on any atom is 0.108 e. The van der Waals surface area contributed by atoms with Crippen molar-refractivity contribution in [2.75, 3.05) is 9.80 Å². The van der Waals surface area contributed by atoms with Crippen LogP contribution in [0.1, 0.15) is 61.8 Å². The summed E-state index contributed by atoms with van der Waals surface area (Å²) >= 11 is 0. The SMILES string of the molecule is Cc1ccccc1N1c2cccc3c2N(c2c(C(C)C)cccc2C3C)[C@@H]1C. The average molecular weight is 369 g/mol. The minimum atomic E-state index is 0.239. The molecule has 0 fully saturated rings. The molecule has 2 heterocycles. The molecule has 5 rings (SSSR count). The number of nitrogens with zero attached hydrogens (tertiary/aromatic N) is 2. The van der Waals surface area contributed by atoms with E-state index >= 15 is 0 Å². The van der Waals surface area contributed by atoms with E-state index in [-0.39, 0.29) is 6.17 Å². The first-order valence-corrected chi connectivity index (χ1v) is 10.4. The Bertz CT molecular complexity index is 1070. The Hall–Kier alpha value is -2.74. The molecule has 0 saturated carbocycles. The third kappa shape index (κ3) is 2.21. The molecule has 0 bridgehead atoms. The van der Waals surface area contributed by atoms with Gasteiger partial charge in [0, 0.05) is 11.6 Å². The smallest absolute Gasteiger partial charge is 0.108 e. The molecule has 2 heteroatoms. The van der Waals surface area contributed by atoms with Gasteiger partial charge in [-0.2, -0.15) is 0 Å². The molecular weight excluding hydrogens is 340 g/mol. The maximum atomic E-state index is 2.60. The Labute approximate surface area is 168 Å². The van der Waals surface area contributed by atoms with Crippen LogP contribution in [0.15, 0.2) is 60.7 Å². The third-order valence-corrected chi connectivity index (χ3v) is 6.56. The highest BCUT2D eigenvalue weighted by Crippen LogP contribution is 2.57. The lowest BCUT2D eigenvalue weighted by molar-refractivity contribution is 0.726. The Balaban J connectivity index is 1.81. The highest BCUT2D eigenvalue weighted by Gasteiger charge is 2.42. The van der Waals surface area contributed by atoms with Crippen LogP contribution in [0.25, 0.3) is 0 Å². The Morgan fingerprint density at radius 2 is 1.36 bits per heavy atom. The van der Waals surface area contributed by atoms with Gasteiger partial charge < -0.3 is 9.80 Å². The van der Waals surface area contributed by atoms with Crippen molar-refractivity contribution < 1.29 is 0 Å². The molecule has 0 saturated heterocycles. The molecule has 2 atom stereocenters. The second-order valence-corrected chi connectivity index (χ2v) is 8.53. The van der Waals surface area contributed by atoms with E-state index in [2.05, 4.69) is 105 Å². The first-order valence-electron chi connectivity index (χ1n) is 10.4.